The van der Waals surface area contributed by atoms with Gasteiger partial charge in [-0.15, -0.1) is 0 Å². The minimum Gasteiger partial charge on any atom is -0.480 e. The summed E-state index contributed by atoms with van der Waals surface area (Å²) in [5, 5.41) is 32.1. The maximum absolute atomic E-state index is 11.7. The fourth-order valence-corrected chi connectivity index (χ4v) is 1.73. The number of alkyl carbamates (subject to hydrolysis) is 1. The number of aliphatic hydroxyl groups is 1. The molecule has 0 bridgehead atoms. The number of aliphatic hydroxyl groups excluding tert-OH is 1. The summed E-state index contributed by atoms with van der Waals surface area (Å²) in [6, 6.07) is 3.16. The van der Waals surface area contributed by atoms with Gasteiger partial charge in [0.2, 0.25) is 0 Å². The Labute approximate surface area is 132 Å². The molecule has 0 aliphatic rings. The van der Waals surface area contributed by atoms with Gasteiger partial charge < -0.3 is 20.3 Å². The second-order valence-corrected chi connectivity index (χ2v) is 5.76. The van der Waals surface area contributed by atoms with Gasteiger partial charge in [-0.1, -0.05) is 12.1 Å². The molecular formula is C14H18N2O7. The molecule has 0 fully saturated rings. The van der Waals surface area contributed by atoms with Crippen molar-refractivity contribution in [3.63, 3.8) is 0 Å². The normalized spacial score (nSPS) is 13.7. The van der Waals surface area contributed by atoms with Crippen LogP contribution in [0, 0.1) is 10.1 Å². The first-order valence-corrected chi connectivity index (χ1v) is 6.66. The largest absolute Gasteiger partial charge is 0.480 e. The molecule has 3 N–H and O–H groups in total. The quantitative estimate of drug-likeness (QED) is 0.551. The molecule has 1 rings (SSSR count). The molecule has 0 radical (unpaired) electrons. The van der Waals surface area contributed by atoms with Crippen molar-refractivity contribution in [3.05, 3.63) is 39.9 Å². The van der Waals surface area contributed by atoms with E-state index in [1.54, 1.807) is 20.8 Å². The predicted octanol–water partition coefficient (Wildman–Crippen LogP) is 1.61. The summed E-state index contributed by atoms with van der Waals surface area (Å²) >= 11 is 0. The van der Waals surface area contributed by atoms with E-state index < -0.39 is 34.7 Å². The highest BCUT2D eigenvalue weighted by molar-refractivity contribution is 5.81. The number of nitro benzene ring substituents is 1. The third-order valence-corrected chi connectivity index (χ3v) is 2.68. The monoisotopic (exact) mass is 326 g/mol. The zero-order valence-electron chi connectivity index (χ0n) is 12.8. The molecule has 0 heterocycles. The number of hydrogen-bond acceptors (Lipinski definition) is 6. The van der Waals surface area contributed by atoms with Crippen LogP contribution in [0.5, 0.6) is 0 Å². The maximum atomic E-state index is 11.7. The highest BCUT2D eigenvalue weighted by atomic mass is 16.6. The highest BCUT2D eigenvalue weighted by Crippen LogP contribution is 2.22. The van der Waals surface area contributed by atoms with E-state index >= 15 is 0 Å². The van der Waals surface area contributed by atoms with E-state index in [1.807, 2.05) is 5.32 Å². The first-order valence-electron chi connectivity index (χ1n) is 6.66. The lowest BCUT2D eigenvalue weighted by Crippen LogP contribution is -2.46. The molecule has 126 valence electrons. The van der Waals surface area contributed by atoms with E-state index in [2.05, 4.69) is 0 Å². The van der Waals surface area contributed by atoms with Crippen LogP contribution in [0.1, 0.15) is 32.4 Å². The van der Waals surface area contributed by atoms with E-state index in [0.29, 0.717) is 0 Å². The summed E-state index contributed by atoms with van der Waals surface area (Å²) in [5.41, 5.74) is -1.16. The Morgan fingerprint density at radius 2 is 1.96 bits per heavy atom. The average molecular weight is 326 g/mol. The Kier molecular flexibility index (Phi) is 5.63. The lowest BCUT2D eigenvalue weighted by Gasteiger charge is -2.24. The van der Waals surface area contributed by atoms with Crippen LogP contribution in [0.3, 0.4) is 0 Å². The molecule has 0 aromatic heterocycles. The van der Waals surface area contributed by atoms with Gasteiger partial charge in [0.15, 0.2) is 6.04 Å². The topological polar surface area (TPSA) is 139 Å². The minimum absolute atomic E-state index is 0.0114. The second-order valence-electron chi connectivity index (χ2n) is 5.76. The SMILES string of the molecule is CC(C)(C)OC(=O)N[C@@H](C(=O)O)[C@H](O)c1cccc([N+](=O)[O-])c1. The van der Waals surface area contributed by atoms with E-state index in [4.69, 9.17) is 9.84 Å². The number of non-ortho nitro benzene ring substituents is 1. The van der Waals surface area contributed by atoms with Crippen LogP contribution in [0.15, 0.2) is 24.3 Å². The van der Waals surface area contributed by atoms with E-state index in [-0.39, 0.29) is 11.3 Å². The number of carbonyl (C=O) groups excluding carboxylic acids is 1. The molecule has 0 saturated heterocycles. The van der Waals surface area contributed by atoms with Crippen molar-refractivity contribution in [2.75, 3.05) is 0 Å². The Bertz CT molecular complexity index is 609. The molecule has 0 unspecified atom stereocenters. The number of nitrogens with zero attached hydrogens (tertiary/aromatic N) is 1. The van der Waals surface area contributed by atoms with Crippen LogP contribution in [-0.2, 0) is 9.53 Å². The number of hydrogen-bond donors (Lipinski definition) is 3. The molecule has 9 heteroatoms. The van der Waals surface area contributed by atoms with Crippen molar-refractivity contribution >= 4 is 17.7 Å². The number of rotatable bonds is 5. The fourth-order valence-electron chi connectivity index (χ4n) is 1.73. The van der Waals surface area contributed by atoms with E-state index in [0.717, 1.165) is 6.07 Å². The average Bonchev–Trinajstić information content (AvgIpc) is 2.42. The summed E-state index contributed by atoms with van der Waals surface area (Å²) in [5.74, 6) is -1.50. The standard InChI is InChI=1S/C14H18N2O7/c1-14(2,3)23-13(20)15-10(12(18)19)11(17)8-5-4-6-9(7-8)16(21)22/h4-7,10-11,17H,1-3H3,(H,15,20)(H,18,19)/t10-,11-/m1/s1. The summed E-state index contributed by atoms with van der Waals surface area (Å²) < 4.78 is 4.93. The number of aliphatic carboxylic acids is 1. The molecule has 0 spiro atoms. The number of amides is 1. The molecule has 23 heavy (non-hydrogen) atoms. The zero-order chi connectivity index (χ0) is 17.8. The lowest BCUT2D eigenvalue weighted by molar-refractivity contribution is -0.385. The molecule has 2 atom stereocenters. The molecule has 0 saturated carbocycles. The number of carboxylic acids is 1. The molecule has 0 aliphatic carbocycles. The van der Waals surface area contributed by atoms with Crippen LogP contribution in [0.4, 0.5) is 10.5 Å². The van der Waals surface area contributed by atoms with Gasteiger partial charge in [-0.05, 0) is 26.3 Å². The van der Waals surface area contributed by atoms with Crippen LogP contribution in [0.2, 0.25) is 0 Å². The van der Waals surface area contributed by atoms with Crippen molar-refractivity contribution in [1.29, 1.82) is 0 Å². The minimum atomic E-state index is -1.72. The van der Waals surface area contributed by atoms with Crippen molar-refractivity contribution in [2.24, 2.45) is 0 Å². The van der Waals surface area contributed by atoms with Crippen LogP contribution < -0.4 is 5.32 Å². The first kappa shape index (κ1) is 18.4. The van der Waals surface area contributed by atoms with E-state index in [1.165, 1.54) is 18.2 Å². The Balaban J connectivity index is 2.97. The number of ether oxygens (including phenoxy) is 1. The van der Waals surface area contributed by atoms with Gasteiger partial charge in [0.05, 0.1) is 4.92 Å². The van der Waals surface area contributed by atoms with Gasteiger partial charge in [-0.25, -0.2) is 9.59 Å². The number of carbonyl (C=O) groups is 2. The van der Waals surface area contributed by atoms with E-state index in [9.17, 15) is 24.8 Å². The van der Waals surface area contributed by atoms with Crippen LogP contribution in [-0.4, -0.2) is 38.8 Å². The van der Waals surface area contributed by atoms with Crippen molar-refractivity contribution in [3.8, 4) is 0 Å². The van der Waals surface area contributed by atoms with Gasteiger partial charge in [0.1, 0.15) is 11.7 Å². The van der Waals surface area contributed by atoms with Crippen molar-refractivity contribution in [1.82, 2.24) is 5.32 Å². The Morgan fingerprint density at radius 1 is 1.35 bits per heavy atom. The van der Waals surface area contributed by atoms with Crippen molar-refractivity contribution < 1.29 is 29.5 Å². The number of nitrogens with one attached hydrogen (secondary N) is 1. The zero-order valence-corrected chi connectivity index (χ0v) is 12.8. The maximum Gasteiger partial charge on any atom is 0.408 e. The Morgan fingerprint density at radius 3 is 2.43 bits per heavy atom. The number of nitro groups is 1. The van der Waals surface area contributed by atoms with Gasteiger partial charge >= 0.3 is 12.1 Å². The molecule has 9 nitrogen and oxygen atoms in total. The third-order valence-electron chi connectivity index (χ3n) is 2.68. The highest BCUT2D eigenvalue weighted by Gasteiger charge is 2.32. The molecule has 1 amide bonds. The smallest absolute Gasteiger partial charge is 0.408 e. The molecular weight excluding hydrogens is 308 g/mol. The molecule has 1 aromatic rings. The van der Waals surface area contributed by atoms with Crippen molar-refractivity contribution in [2.45, 2.75) is 38.5 Å². The summed E-state index contributed by atoms with van der Waals surface area (Å²) in [6.45, 7) is 4.79. The van der Waals surface area contributed by atoms with Gasteiger partial charge in [-0.2, -0.15) is 0 Å². The van der Waals surface area contributed by atoms with Crippen LogP contribution in [0.25, 0.3) is 0 Å². The first-order chi connectivity index (χ1) is 10.5. The van der Waals surface area contributed by atoms with Gasteiger partial charge in [-0.3, -0.25) is 10.1 Å². The summed E-state index contributed by atoms with van der Waals surface area (Å²) in [6.07, 6.45) is -2.70. The third kappa shape index (κ3) is 5.55. The summed E-state index contributed by atoms with van der Waals surface area (Å²) in [4.78, 5) is 33.0. The fraction of sp³-hybridized carbons (Fsp3) is 0.429. The lowest BCUT2D eigenvalue weighted by atomic mass is 10.0. The number of benzene rings is 1. The van der Waals surface area contributed by atoms with Gasteiger partial charge in [0.25, 0.3) is 5.69 Å². The number of carboxylic acid groups (broad SMARTS) is 1. The molecule has 0 aliphatic heterocycles. The molecule has 1 aromatic carbocycles. The Hall–Kier alpha value is -2.68. The summed E-state index contributed by atoms with van der Waals surface area (Å²) in [7, 11) is 0. The van der Waals surface area contributed by atoms with Gasteiger partial charge in [0, 0.05) is 12.1 Å². The van der Waals surface area contributed by atoms with Crippen LogP contribution >= 0.6 is 0 Å². The second kappa shape index (κ2) is 7.05. The predicted molar refractivity (Wildman–Crippen MR) is 78.8 cm³/mol.